The molecule has 0 saturated carbocycles. The summed E-state index contributed by atoms with van der Waals surface area (Å²) in [4.78, 5) is 0. The average molecular weight is 485 g/mol. The smallest absolute Gasteiger partial charge is 0.261 e. The average Bonchev–Trinajstić information content (AvgIpc) is 3.31. The van der Waals surface area contributed by atoms with Gasteiger partial charge in [0.05, 0.1) is 16.7 Å². The van der Waals surface area contributed by atoms with Crippen LogP contribution in [0.15, 0.2) is 121 Å². The summed E-state index contributed by atoms with van der Waals surface area (Å²) in [5.74, 6) is 3.50. The second-order valence-electron chi connectivity index (χ2n) is 10.1. The van der Waals surface area contributed by atoms with E-state index in [4.69, 9.17) is 9.47 Å². The van der Waals surface area contributed by atoms with E-state index in [2.05, 4.69) is 120 Å². The molecule has 4 heteroatoms. The van der Waals surface area contributed by atoms with Crippen LogP contribution in [-0.4, -0.2) is 11.3 Å². The standard InChI is InChI=1S/C34H20BNO2/c1-2-10-23-21(9-1)17-18-30-33(23)35-26-13-5-8-16-29(26)37-31-19-22(20-32(38-30)34(31)35)36-27-14-6-3-11-24(27)25-12-4-7-15-28(25)36/h1-20H. The molecule has 0 atom stereocenters. The predicted octanol–water partition coefficient (Wildman–Crippen LogP) is 6.66. The number of para-hydroxylation sites is 3. The zero-order chi connectivity index (χ0) is 24.8. The molecule has 0 bridgehead atoms. The highest BCUT2D eigenvalue weighted by Gasteiger charge is 2.41. The van der Waals surface area contributed by atoms with Crippen molar-refractivity contribution >= 4 is 55.7 Å². The third-order valence-electron chi connectivity index (χ3n) is 8.11. The van der Waals surface area contributed by atoms with E-state index in [0.717, 1.165) is 45.2 Å². The first-order valence-electron chi connectivity index (χ1n) is 13.0. The number of benzene rings is 6. The lowest BCUT2D eigenvalue weighted by Gasteiger charge is -2.34. The minimum Gasteiger partial charge on any atom is -0.458 e. The van der Waals surface area contributed by atoms with Crippen molar-refractivity contribution in [2.45, 2.75) is 0 Å². The van der Waals surface area contributed by atoms with Crippen LogP contribution in [0.1, 0.15) is 0 Å². The highest BCUT2D eigenvalue weighted by molar-refractivity contribution is 6.99. The Bertz CT molecular complexity index is 2040. The first-order chi connectivity index (χ1) is 18.8. The molecule has 9 rings (SSSR count). The van der Waals surface area contributed by atoms with Gasteiger partial charge in [-0.1, -0.05) is 84.9 Å². The third kappa shape index (κ3) is 2.59. The summed E-state index contributed by atoms with van der Waals surface area (Å²) in [6, 6.07) is 42.8. The highest BCUT2D eigenvalue weighted by Crippen LogP contribution is 2.40. The normalized spacial score (nSPS) is 13.1. The second kappa shape index (κ2) is 7.30. The topological polar surface area (TPSA) is 23.4 Å². The van der Waals surface area contributed by atoms with Crippen molar-refractivity contribution in [2.75, 3.05) is 0 Å². The van der Waals surface area contributed by atoms with Gasteiger partial charge in [-0.05, 0) is 46.0 Å². The van der Waals surface area contributed by atoms with E-state index in [-0.39, 0.29) is 6.71 Å². The van der Waals surface area contributed by atoms with Crippen LogP contribution in [0.25, 0.3) is 38.3 Å². The van der Waals surface area contributed by atoms with Crippen molar-refractivity contribution in [3.63, 3.8) is 0 Å². The van der Waals surface area contributed by atoms with Crippen LogP contribution in [0.5, 0.6) is 23.0 Å². The fourth-order valence-electron chi connectivity index (χ4n) is 6.54. The maximum atomic E-state index is 6.72. The Morgan fingerprint density at radius 2 is 1.08 bits per heavy atom. The number of hydrogen-bond acceptors (Lipinski definition) is 2. The van der Waals surface area contributed by atoms with Crippen molar-refractivity contribution < 1.29 is 9.47 Å². The molecule has 38 heavy (non-hydrogen) atoms. The van der Waals surface area contributed by atoms with Gasteiger partial charge in [0.1, 0.15) is 23.0 Å². The number of nitrogens with zero attached hydrogens (tertiary/aromatic N) is 1. The molecular weight excluding hydrogens is 465 g/mol. The molecule has 1 aromatic heterocycles. The van der Waals surface area contributed by atoms with Crippen LogP contribution in [-0.2, 0) is 0 Å². The quantitative estimate of drug-likeness (QED) is 0.243. The van der Waals surface area contributed by atoms with E-state index in [1.807, 2.05) is 6.07 Å². The molecule has 6 aromatic carbocycles. The van der Waals surface area contributed by atoms with Gasteiger partial charge in [0.15, 0.2) is 0 Å². The van der Waals surface area contributed by atoms with Gasteiger partial charge in [0, 0.05) is 28.4 Å². The molecule has 0 saturated heterocycles. The predicted molar refractivity (Wildman–Crippen MR) is 156 cm³/mol. The summed E-state index contributed by atoms with van der Waals surface area (Å²) >= 11 is 0. The number of hydrogen-bond donors (Lipinski definition) is 0. The number of fused-ring (bicyclic) bond motifs is 9. The maximum Gasteiger partial charge on any atom is 0.261 e. The monoisotopic (exact) mass is 485 g/mol. The van der Waals surface area contributed by atoms with E-state index >= 15 is 0 Å². The summed E-state index contributed by atoms with van der Waals surface area (Å²) in [5.41, 5.74) is 6.83. The molecule has 176 valence electrons. The number of rotatable bonds is 1. The third-order valence-corrected chi connectivity index (χ3v) is 8.11. The summed E-state index contributed by atoms with van der Waals surface area (Å²) in [5, 5.41) is 4.90. The van der Waals surface area contributed by atoms with Crippen molar-refractivity contribution in [3.05, 3.63) is 121 Å². The first-order valence-corrected chi connectivity index (χ1v) is 13.0. The molecule has 0 amide bonds. The van der Waals surface area contributed by atoms with Gasteiger partial charge in [0.25, 0.3) is 6.71 Å². The summed E-state index contributed by atoms with van der Waals surface area (Å²) in [6.07, 6.45) is 0. The molecule has 2 aliphatic rings. The molecule has 0 N–H and O–H groups in total. The van der Waals surface area contributed by atoms with Crippen LogP contribution in [0.2, 0.25) is 0 Å². The van der Waals surface area contributed by atoms with Crippen LogP contribution < -0.4 is 25.9 Å². The fourth-order valence-corrected chi connectivity index (χ4v) is 6.54. The lowest BCUT2D eigenvalue weighted by atomic mass is 9.34. The SMILES string of the molecule is c1ccc2c(c1)Oc1cc(-n3c4ccccc4c4ccccc43)cc3c1B2c1c(ccc2ccccc12)O3. The molecule has 3 nitrogen and oxygen atoms in total. The van der Waals surface area contributed by atoms with Crippen molar-refractivity contribution in [3.8, 4) is 28.7 Å². The summed E-state index contributed by atoms with van der Waals surface area (Å²) in [7, 11) is 0. The first kappa shape index (κ1) is 20.1. The molecule has 0 aliphatic carbocycles. The molecular formula is C34H20BNO2. The lowest BCUT2D eigenvalue weighted by Crippen LogP contribution is -2.57. The van der Waals surface area contributed by atoms with Gasteiger partial charge in [-0.25, -0.2) is 0 Å². The van der Waals surface area contributed by atoms with Crippen molar-refractivity contribution in [1.29, 1.82) is 0 Å². The van der Waals surface area contributed by atoms with Gasteiger partial charge in [-0.15, -0.1) is 0 Å². The Morgan fingerprint density at radius 1 is 0.474 bits per heavy atom. The van der Waals surface area contributed by atoms with Crippen LogP contribution in [0, 0.1) is 0 Å². The lowest BCUT2D eigenvalue weighted by molar-refractivity contribution is 0.464. The molecule has 0 fully saturated rings. The van der Waals surface area contributed by atoms with Crippen LogP contribution in [0.4, 0.5) is 0 Å². The molecule has 0 spiro atoms. The van der Waals surface area contributed by atoms with E-state index in [0.29, 0.717) is 0 Å². The molecule has 0 radical (unpaired) electrons. The van der Waals surface area contributed by atoms with E-state index in [1.165, 1.54) is 32.5 Å². The zero-order valence-electron chi connectivity index (χ0n) is 20.4. The Morgan fingerprint density at radius 3 is 1.84 bits per heavy atom. The maximum absolute atomic E-state index is 6.72. The Hall–Kier alpha value is -4.96. The van der Waals surface area contributed by atoms with E-state index in [9.17, 15) is 0 Å². The highest BCUT2D eigenvalue weighted by atomic mass is 16.5. The van der Waals surface area contributed by atoms with Crippen LogP contribution >= 0.6 is 0 Å². The molecule has 2 aliphatic heterocycles. The Balaban J connectivity index is 1.37. The van der Waals surface area contributed by atoms with E-state index < -0.39 is 0 Å². The largest absolute Gasteiger partial charge is 0.458 e. The van der Waals surface area contributed by atoms with Gasteiger partial charge < -0.3 is 14.0 Å². The second-order valence-corrected chi connectivity index (χ2v) is 10.1. The van der Waals surface area contributed by atoms with Crippen molar-refractivity contribution in [1.82, 2.24) is 4.57 Å². The minimum atomic E-state index is 0.0343. The van der Waals surface area contributed by atoms with Gasteiger partial charge in [-0.3, -0.25) is 0 Å². The van der Waals surface area contributed by atoms with Gasteiger partial charge in [-0.2, -0.15) is 0 Å². The van der Waals surface area contributed by atoms with Crippen LogP contribution in [0.3, 0.4) is 0 Å². The molecule has 3 heterocycles. The van der Waals surface area contributed by atoms with Gasteiger partial charge in [0.2, 0.25) is 0 Å². The van der Waals surface area contributed by atoms with Crippen molar-refractivity contribution in [2.24, 2.45) is 0 Å². The van der Waals surface area contributed by atoms with Gasteiger partial charge >= 0.3 is 0 Å². The Labute approximate surface area is 219 Å². The summed E-state index contributed by atoms with van der Waals surface area (Å²) in [6.45, 7) is 0.0343. The van der Waals surface area contributed by atoms with E-state index in [1.54, 1.807) is 0 Å². The molecule has 7 aromatic rings. The minimum absolute atomic E-state index is 0.0343. The zero-order valence-corrected chi connectivity index (χ0v) is 20.4. The molecule has 0 unspecified atom stereocenters. The number of ether oxygens (including phenoxy) is 2. The number of aromatic nitrogens is 1. The fraction of sp³-hybridized carbons (Fsp3) is 0. The summed E-state index contributed by atoms with van der Waals surface area (Å²) < 4.78 is 15.7. The Kier molecular flexibility index (Phi) is 3.87.